The van der Waals surface area contributed by atoms with Gasteiger partial charge in [-0.3, -0.25) is 0 Å². The highest BCUT2D eigenvalue weighted by molar-refractivity contribution is 5.61. The minimum absolute atomic E-state index is 0.290. The first-order valence-electron chi connectivity index (χ1n) is 6.46. The number of aromatic nitrogens is 1. The second kappa shape index (κ2) is 6.43. The summed E-state index contributed by atoms with van der Waals surface area (Å²) in [4.78, 5) is 5.96. The molecule has 0 spiro atoms. The van der Waals surface area contributed by atoms with Crippen molar-refractivity contribution in [3.8, 4) is 0 Å². The lowest BCUT2D eigenvalue weighted by Gasteiger charge is -2.21. The Morgan fingerprint density at radius 2 is 1.85 bits per heavy atom. The van der Waals surface area contributed by atoms with Crippen LogP contribution in [0.2, 0.25) is 0 Å². The largest absolute Gasteiger partial charge is 0.329 e. The molecule has 0 radical (unpaired) electrons. The summed E-state index contributed by atoms with van der Waals surface area (Å²) in [6.45, 7) is 3.30. The Labute approximate surface area is 117 Å². The maximum atomic E-state index is 13.3. The van der Waals surface area contributed by atoms with Gasteiger partial charge in [-0.25, -0.2) is 13.8 Å². The zero-order valence-electron chi connectivity index (χ0n) is 11.5. The van der Waals surface area contributed by atoms with E-state index in [0.29, 0.717) is 12.4 Å². The van der Waals surface area contributed by atoms with Gasteiger partial charge in [0.15, 0.2) is 0 Å². The zero-order valence-corrected chi connectivity index (χ0v) is 11.5. The number of pyridine rings is 1. The SMILES string of the molecule is CCNCc1cc(F)cnc1N(C)c1ccc(F)cc1. The quantitative estimate of drug-likeness (QED) is 0.909. The summed E-state index contributed by atoms with van der Waals surface area (Å²) in [5.74, 6) is -0.00444. The van der Waals surface area contributed by atoms with E-state index in [1.54, 1.807) is 12.1 Å². The molecule has 0 fully saturated rings. The van der Waals surface area contributed by atoms with E-state index in [0.717, 1.165) is 17.8 Å². The number of anilines is 2. The fourth-order valence-corrected chi connectivity index (χ4v) is 1.95. The van der Waals surface area contributed by atoms with Gasteiger partial charge in [0.2, 0.25) is 0 Å². The fourth-order valence-electron chi connectivity index (χ4n) is 1.95. The molecular formula is C15H17F2N3. The summed E-state index contributed by atoms with van der Waals surface area (Å²) in [6.07, 6.45) is 1.19. The van der Waals surface area contributed by atoms with Crippen LogP contribution in [0.5, 0.6) is 0 Å². The highest BCUT2D eigenvalue weighted by atomic mass is 19.1. The lowest BCUT2D eigenvalue weighted by molar-refractivity contribution is 0.614. The molecule has 1 aromatic carbocycles. The maximum Gasteiger partial charge on any atom is 0.141 e. The summed E-state index contributed by atoms with van der Waals surface area (Å²) in [6, 6.07) is 7.57. The Morgan fingerprint density at radius 3 is 2.50 bits per heavy atom. The van der Waals surface area contributed by atoms with Gasteiger partial charge < -0.3 is 10.2 Å². The van der Waals surface area contributed by atoms with Crippen LogP contribution in [0.3, 0.4) is 0 Å². The molecule has 20 heavy (non-hydrogen) atoms. The van der Waals surface area contributed by atoms with Crippen LogP contribution >= 0.6 is 0 Å². The van der Waals surface area contributed by atoms with Crippen molar-refractivity contribution in [1.29, 1.82) is 0 Å². The van der Waals surface area contributed by atoms with Gasteiger partial charge in [0, 0.05) is 24.8 Å². The van der Waals surface area contributed by atoms with Gasteiger partial charge >= 0.3 is 0 Å². The van der Waals surface area contributed by atoms with Crippen molar-refractivity contribution in [3.05, 3.63) is 53.7 Å². The molecule has 3 nitrogen and oxygen atoms in total. The average molecular weight is 277 g/mol. The van der Waals surface area contributed by atoms with Crippen molar-refractivity contribution in [2.75, 3.05) is 18.5 Å². The van der Waals surface area contributed by atoms with Gasteiger partial charge in [0.25, 0.3) is 0 Å². The van der Waals surface area contributed by atoms with Crippen LogP contribution in [-0.4, -0.2) is 18.6 Å². The molecule has 1 heterocycles. The fraction of sp³-hybridized carbons (Fsp3) is 0.267. The van der Waals surface area contributed by atoms with Crippen LogP contribution in [-0.2, 0) is 6.54 Å². The third-order valence-electron chi connectivity index (χ3n) is 3.01. The molecule has 5 heteroatoms. The Balaban J connectivity index is 2.32. The van der Waals surface area contributed by atoms with E-state index in [2.05, 4.69) is 10.3 Å². The molecule has 0 aliphatic rings. The normalized spacial score (nSPS) is 10.6. The molecule has 1 aromatic heterocycles. The second-order valence-electron chi connectivity index (χ2n) is 4.45. The van der Waals surface area contributed by atoms with Crippen molar-refractivity contribution in [2.24, 2.45) is 0 Å². The molecule has 106 valence electrons. The smallest absolute Gasteiger partial charge is 0.141 e. The lowest BCUT2D eigenvalue weighted by Crippen LogP contribution is -2.18. The second-order valence-corrected chi connectivity index (χ2v) is 4.45. The molecule has 0 bridgehead atoms. The van der Waals surface area contributed by atoms with Crippen LogP contribution in [0.25, 0.3) is 0 Å². The number of hydrogen-bond donors (Lipinski definition) is 1. The maximum absolute atomic E-state index is 13.3. The van der Waals surface area contributed by atoms with Crippen LogP contribution in [0, 0.1) is 11.6 Å². The molecule has 0 atom stereocenters. The summed E-state index contributed by atoms with van der Waals surface area (Å²) in [7, 11) is 1.82. The predicted molar refractivity (Wildman–Crippen MR) is 76.0 cm³/mol. The van der Waals surface area contributed by atoms with E-state index < -0.39 is 0 Å². The molecule has 0 aliphatic carbocycles. The van der Waals surface area contributed by atoms with Gasteiger partial charge in [-0.05, 0) is 36.9 Å². The highest BCUT2D eigenvalue weighted by Gasteiger charge is 2.12. The first-order chi connectivity index (χ1) is 9.61. The molecule has 0 saturated heterocycles. The van der Waals surface area contributed by atoms with Crippen LogP contribution < -0.4 is 10.2 Å². The topological polar surface area (TPSA) is 28.2 Å². The van der Waals surface area contributed by atoms with E-state index in [1.807, 2.05) is 18.9 Å². The third-order valence-corrected chi connectivity index (χ3v) is 3.01. The molecule has 0 unspecified atom stereocenters. The van der Waals surface area contributed by atoms with Crippen molar-refractivity contribution in [1.82, 2.24) is 10.3 Å². The van der Waals surface area contributed by atoms with Gasteiger partial charge in [-0.2, -0.15) is 0 Å². The molecule has 2 rings (SSSR count). The molecular weight excluding hydrogens is 260 g/mol. The highest BCUT2D eigenvalue weighted by Crippen LogP contribution is 2.25. The van der Waals surface area contributed by atoms with Crippen molar-refractivity contribution in [2.45, 2.75) is 13.5 Å². The monoisotopic (exact) mass is 277 g/mol. The first kappa shape index (κ1) is 14.4. The molecule has 1 N–H and O–H groups in total. The zero-order chi connectivity index (χ0) is 14.5. The summed E-state index contributed by atoms with van der Waals surface area (Å²) in [5.41, 5.74) is 1.56. The van der Waals surface area contributed by atoms with Crippen molar-refractivity contribution in [3.63, 3.8) is 0 Å². The molecule has 0 amide bonds. The minimum Gasteiger partial charge on any atom is -0.329 e. The van der Waals surface area contributed by atoms with Crippen molar-refractivity contribution >= 4 is 11.5 Å². The minimum atomic E-state index is -0.367. The Bertz CT molecular complexity index is 570. The van der Waals surface area contributed by atoms with Crippen molar-refractivity contribution < 1.29 is 8.78 Å². The Hall–Kier alpha value is -2.01. The predicted octanol–water partition coefficient (Wildman–Crippen LogP) is 3.24. The summed E-state index contributed by atoms with van der Waals surface area (Å²) >= 11 is 0. The Kier molecular flexibility index (Phi) is 4.63. The van der Waals surface area contributed by atoms with E-state index in [1.165, 1.54) is 24.4 Å². The number of nitrogens with zero attached hydrogens (tertiary/aromatic N) is 2. The Morgan fingerprint density at radius 1 is 1.15 bits per heavy atom. The number of benzene rings is 1. The van der Waals surface area contributed by atoms with Crippen LogP contribution in [0.15, 0.2) is 36.5 Å². The van der Waals surface area contributed by atoms with E-state index in [4.69, 9.17) is 0 Å². The number of nitrogens with one attached hydrogen (secondary N) is 1. The third kappa shape index (κ3) is 3.30. The number of halogens is 2. The van der Waals surface area contributed by atoms with E-state index >= 15 is 0 Å². The first-order valence-corrected chi connectivity index (χ1v) is 6.46. The standard InChI is InChI=1S/C15H17F2N3/c1-3-18-9-11-8-13(17)10-19-15(11)20(2)14-6-4-12(16)5-7-14/h4-8,10,18H,3,9H2,1-2H3. The van der Waals surface area contributed by atoms with Gasteiger partial charge in [0.05, 0.1) is 6.20 Å². The average Bonchev–Trinajstić information content (AvgIpc) is 2.45. The van der Waals surface area contributed by atoms with E-state index in [9.17, 15) is 8.78 Å². The molecule has 0 saturated carbocycles. The molecule has 0 aliphatic heterocycles. The van der Waals surface area contributed by atoms with Crippen LogP contribution in [0.4, 0.5) is 20.3 Å². The molecule has 2 aromatic rings. The lowest BCUT2D eigenvalue weighted by atomic mass is 10.2. The van der Waals surface area contributed by atoms with Gasteiger partial charge in [0.1, 0.15) is 17.5 Å². The number of hydrogen-bond acceptors (Lipinski definition) is 3. The summed E-state index contributed by atoms with van der Waals surface area (Å²) < 4.78 is 26.3. The van der Waals surface area contributed by atoms with Gasteiger partial charge in [-0.1, -0.05) is 6.92 Å². The summed E-state index contributed by atoms with van der Waals surface area (Å²) in [5, 5.41) is 3.15. The van der Waals surface area contributed by atoms with Gasteiger partial charge in [-0.15, -0.1) is 0 Å². The van der Waals surface area contributed by atoms with Crippen LogP contribution in [0.1, 0.15) is 12.5 Å². The number of rotatable bonds is 5. The van der Waals surface area contributed by atoms with E-state index in [-0.39, 0.29) is 11.6 Å².